The molecule has 24 heavy (non-hydrogen) atoms. The van der Waals surface area contributed by atoms with Crippen LogP contribution in [0.2, 0.25) is 0 Å². The maximum Gasteiger partial charge on any atom is 1.00 e. The predicted molar refractivity (Wildman–Crippen MR) is 84.3 cm³/mol. The van der Waals surface area contributed by atoms with E-state index in [0.717, 1.165) is 5.69 Å². The number of carboxylic acid groups (broad SMARTS) is 1. The zero-order valence-electron chi connectivity index (χ0n) is 13.5. The maximum absolute atomic E-state index is 12.9. The van der Waals surface area contributed by atoms with Gasteiger partial charge in [-0.25, -0.2) is 4.39 Å². The molecule has 1 aromatic heterocycles. The standard InChI is InChI=1S/C17H18FN3O2.K/c18-13-8-10-14(11-9-13)20-21-16(6-1-2-7-17(22)23)15-5-3-4-12-19-15;/h3-5,8-12,20H,1-2,6-7H2,(H,22,23);/q;+1/p-1/b21-16+;. The zero-order chi connectivity index (χ0) is 16.5. The van der Waals surface area contributed by atoms with Gasteiger partial charge in [-0.15, -0.1) is 0 Å². The summed E-state index contributed by atoms with van der Waals surface area (Å²) in [6, 6.07) is 11.4. The van der Waals surface area contributed by atoms with Crippen molar-refractivity contribution in [3.63, 3.8) is 0 Å². The van der Waals surface area contributed by atoms with Crippen LogP contribution in [0.5, 0.6) is 0 Å². The third-order valence-corrected chi connectivity index (χ3v) is 3.17. The summed E-state index contributed by atoms with van der Waals surface area (Å²) in [7, 11) is 0. The SMILES string of the molecule is O=C([O-])CCCC/C(=N\Nc1ccc(F)cc1)c1ccccn1.[K+]. The van der Waals surface area contributed by atoms with Gasteiger partial charge in [-0.05, 0) is 62.1 Å². The predicted octanol–water partition coefficient (Wildman–Crippen LogP) is -0.649. The number of pyridine rings is 1. The molecule has 0 bridgehead atoms. The van der Waals surface area contributed by atoms with E-state index in [1.54, 1.807) is 18.3 Å². The molecule has 0 atom stereocenters. The van der Waals surface area contributed by atoms with Gasteiger partial charge in [0, 0.05) is 12.2 Å². The minimum absolute atomic E-state index is 0. The number of aromatic nitrogens is 1. The van der Waals surface area contributed by atoms with Crippen molar-refractivity contribution in [2.24, 2.45) is 5.10 Å². The van der Waals surface area contributed by atoms with Gasteiger partial charge >= 0.3 is 51.4 Å². The molecule has 1 heterocycles. The fraction of sp³-hybridized carbons (Fsp3) is 0.235. The largest absolute Gasteiger partial charge is 1.00 e. The minimum atomic E-state index is -1.05. The van der Waals surface area contributed by atoms with Crippen molar-refractivity contribution in [3.8, 4) is 0 Å². The molecule has 2 rings (SSSR count). The number of nitrogens with one attached hydrogen (secondary N) is 1. The summed E-state index contributed by atoms with van der Waals surface area (Å²) in [6.07, 6.45) is 3.46. The van der Waals surface area contributed by atoms with Crippen molar-refractivity contribution >= 4 is 17.4 Å². The van der Waals surface area contributed by atoms with E-state index in [1.807, 2.05) is 18.2 Å². The topological polar surface area (TPSA) is 77.4 Å². The summed E-state index contributed by atoms with van der Waals surface area (Å²) < 4.78 is 12.9. The van der Waals surface area contributed by atoms with Gasteiger partial charge in [-0.3, -0.25) is 10.4 Å². The van der Waals surface area contributed by atoms with E-state index >= 15 is 0 Å². The van der Waals surface area contributed by atoms with Crippen molar-refractivity contribution in [3.05, 3.63) is 60.2 Å². The smallest absolute Gasteiger partial charge is 0.550 e. The number of hydrogen-bond donors (Lipinski definition) is 1. The van der Waals surface area contributed by atoms with E-state index in [2.05, 4.69) is 15.5 Å². The van der Waals surface area contributed by atoms with Crippen LogP contribution in [-0.4, -0.2) is 16.7 Å². The fourth-order valence-corrected chi connectivity index (χ4v) is 1.99. The molecule has 2 aromatic rings. The van der Waals surface area contributed by atoms with Crippen LogP contribution in [0.25, 0.3) is 0 Å². The first-order chi connectivity index (χ1) is 11.1. The molecule has 0 spiro atoms. The molecule has 0 fully saturated rings. The quantitative estimate of drug-likeness (QED) is 0.296. The van der Waals surface area contributed by atoms with Gasteiger partial charge in [0.05, 0.1) is 17.1 Å². The Morgan fingerprint density at radius 1 is 1.12 bits per heavy atom. The molecule has 7 heteroatoms. The molecule has 0 saturated heterocycles. The number of carboxylic acids is 1. The second kappa shape index (κ2) is 11.4. The van der Waals surface area contributed by atoms with Crippen molar-refractivity contribution in [2.45, 2.75) is 25.7 Å². The Kier molecular flexibility index (Phi) is 9.97. The number of halogens is 1. The zero-order valence-corrected chi connectivity index (χ0v) is 16.7. The molecular formula is C17H17FKN3O2. The van der Waals surface area contributed by atoms with Gasteiger partial charge < -0.3 is 9.90 Å². The third kappa shape index (κ3) is 7.63. The Morgan fingerprint density at radius 3 is 2.46 bits per heavy atom. The van der Waals surface area contributed by atoms with E-state index in [4.69, 9.17) is 0 Å². The number of aliphatic carboxylic acids is 1. The van der Waals surface area contributed by atoms with Crippen LogP contribution in [0.15, 0.2) is 53.8 Å². The number of anilines is 1. The van der Waals surface area contributed by atoms with E-state index in [9.17, 15) is 14.3 Å². The molecule has 120 valence electrons. The molecule has 0 radical (unpaired) electrons. The number of rotatable bonds is 8. The Hall–Kier alpha value is -1.12. The molecule has 0 unspecified atom stereocenters. The van der Waals surface area contributed by atoms with Gasteiger partial charge in [0.15, 0.2) is 0 Å². The van der Waals surface area contributed by atoms with Crippen LogP contribution in [0.1, 0.15) is 31.4 Å². The summed E-state index contributed by atoms with van der Waals surface area (Å²) in [5.74, 6) is -1.36. The van der Waals surface area contributed by atoms with Crippen LogP contribution >= 0.6 is 0 Å². The Bertz CT molecular complexity index is 663. The number of carbonyl (C=O) groups excluding carboxylic acids is 1. The normalized spacial score (nSPS) is 10.8. The van der Waals surface area contributed by atoms with Gasteiger partial charge in [0.1, 0.15) is 5.82 Å². The number of unbranched alkanes of at least 4 members (excludes halogenated alkanes) is 1. The first-order valence-electron chi connectivity index (χ1n) is 7.34. The van der Waals surface area contributed by atoms with E-state index in [1.165, 1.54) is 12.1 Å². The Balaban J connectivity index is 0.00000288. The molecule has 1 N–H and O–H groups in total. The molecular weight excluding hydrogens is 336 g/mol. The second-order valence-corrected chi connectivity index (χ2v) is 4.97. The Labute approximate surface area is 182 Å². The average molecular weight is 353 g/mol. The van der Waals surface area contributed by atoms with Gasteiger partial charge in [-0.2, -0.15) is 5.10 Å². The van der Waals surface area contributed by atoms with Crippen molar-refractivity contribution in [2.75, 3.05) is 5.43 Å². The molecule has 5 nitrogen and oxygen atoms in total. The van der Waals surface area contributed by atoms with E-state index in [-0.39, 0.29) is 63.6 Å². The van der Waals surface area contributed by atoms with Crippen LogP contribution in [0.3, 0.4) is 0 Å². The summed E-state index contributed by atoms with van der Waals surface area (Å²) >= 11 is 0. The first kappa shape index (κ1) is 20.9. The third-order valence-electron chi connectivity index (χ3n) is 3.17. The van der Waals surface area contributed by atoms with Crippen LogP contribution < -0.4 is 61.9 Å². The number of nitrogens with zero attached hydrogens (tertiary/aromatic N) is 2. The summed E-state index contributed by atoms with van der Waals surface area (Å²) in [4.78, 5) is 14.7. The van der Waals surface area contributed by atoms with Crippen molar-refractivity contribution < 1.29 is 65.7 Å². The molecule has 0 aliphatic heterocycles. The monoisotopic (exact) mass is 353 g/mol. The van der Waals surface area contributed by atoms with Gasteiger partial charge in [0.2, 0.25) is 0 Å². The minimum Gasteiger partial charge on any atom is -0.550 e. The average Bonchev–Trinajstić information content (AvgIpc) is 2.56. The molecule has 0 aliphatic rings. The molecule has 0 amide bonds. The molecule has 0 saturated carbocycles. The van der Waals surface area contributed by atoms with Crippen LogP contribution in [-0.2, 0) is 4.79 Å². The number of hydrazone groups is 1. The number of benzene rings is 1. The van der Waals surface area contributed by atoms with Crippen LogP contribution in [0, 0.1) is 5.82 Å². The molecule has 0 aliphatic carbocycles. The maximum atomic E-state index is 12.9. The second-order valence-electron chi connectivity index (χ2n) is 4.97. The van der Waals surface area contributed by atoms with E-state index in [0.29, 0.717) is 30.7 Å². The summed E-state index contributed by atoms with van der Waals surface area (Å²) in [6.45, 7) is 0. The number of hydrogen-bond acceptors (Lipinski definition) is 5. The van der Waals surface area contributed by atoms with E-state index < -0.39 is 5.97 Å². The van der Waals surface area contributed by atoms with Crippen molar-refractivity contribution in [1.82, 2.24) is 4.98 Å². The Morgan fingerprint density at radius 2 is 1.83 bits per heavy atom. The van der Waals surface area contributed by atoms with Crippen molar-refractivity contribution in [1.29, 1.82) is 0 Å². The van der Waals surface area contributed by atoms with Gasteiger partial charge in [-0.1, -0.05) is 6.07 Å². The van der Waals surface area contributed by atoms with Crippen LogP contribution in [0.4, 0.5) is 10.1 Å². The van der Waals surface area contributed by atoms with Gasteiger partial charge in [0.25, 0.3) is 0 Å². The molecule has 1 aromatic carbocycles. The summed E-state index contributed by atoms with van der Waals surface area (Å²) in [5.41, 5.74) is 4.97. The summed E-state index contributed by atoms with van der Waals surface area (Å²) in [5, 5.41) is 14.8. The fourth-order valence-electron chi connectivity index (χ4n) is 1.99. The first-order valence-corrected chi connectivity index (χ1v) is 7.34. The number of carbonyl (C=O) groups is 1.